The van der Waals surface area contributed by atoms with Gasteiger partial charge < -0.3 is 4.74 Å². The number of methoxy groups -OCH3 is 1. The smallest absolute Gasteiger partial charge is 0.150 e. The van der Waals surface area contributed by atoms with Gasteiger partial charge in [0, 0.05) is 25.0 Å². The number of rotatable bonds is 6. The van der Waals surface area contributed by atoms with Crippen LogP contribution in [0.15, 0.2) is 17.0 Å². The normalized spacial score (nSPS) is 10.4. The van der Waals surface area contributed by atoms with Crippen molar-refractivity contribution in [3.8, 4) is 0 Å². The Bertz CT molecular complexity index is 346. The highest BCUT2D eigenvalue weighted by Crippen LogP contribution is 2.26. The number of benzene rings is 1. The lowest BCUT2D eigenvalue weighted by atomic mass is 10.2. The summed E-state index contributed by atoms with van der Waals surface area (Å²) >= 11 is 1.09. The molecule has 1 rings (SSSR count). The molecule has 0 aliphatic heterocycles. The molecule has 0 bridgehead atoms. The topological polar surface area (TPSA) is 26.3 Å². The summed E-state index contributed by atoms with van der Waals surface area (Å²) in [6.45, 7) is 0.558. The van der Waals surface area contributed by atoms with Gasteiger partial charge in [-0.3, -0.25) is 4.79 Å². The Balaban J connectivity index is 2.69. The largest absolute Gasteiger partial charge is 0.385 e. The zero-order chi connectivity index (χ0) is 12.0. The van der Waals surface area contributed by atoms with E-state index in [1.807, 2.05) is 0 Å². The van der Waals surface area contributed by atoms with E-state index in [0.717, 1.165) is 30.3 Å². The molecule has 16 heavy (non-hydrogen) atoms. The average molecular weight is 246 g/mol. The van der Waals surface area contributed by atoms with E-state index in [4.69, 9.17) is 4.74 Å². The Morgan fingerprint density at radius 2 is 2.00 bits per heavy atom. The van der Waals surface area contributed by atoms with Crippen LogP contribution in [-0.4, -0.2) is 25.8 Å². The van der Waals surface area contributed by atoms with Gasteiger partial charge in [0.05, 0.1) is 4.90 Å². The maximum atomic E-state index is 13.4. The van der Waals surface area contributed by atoms with Crippen molar-refractivity contribution in [2.75, 3.05) is 19.5 Å². The van der Waals surface area contributed by atoms with Crippen LogP contribution >= 0.6 is 11.8 Å². The molecule has 0 unspecified atom stereocenters. The minimum atomic E-state index is -0.690. The molecule has 0 saturated carbocycles. The van der Waals surface area contributed by atoms with E-state index in [9.17, 15) is 13.6 Å². The molecular weight excluding hydrogens is 234 g/mol. The van der Waals surface area contributed by atoms with E-state index in [1.165, 1.54) is 0 Å². The Morgan fingerprint density at radius 3 is 2.50 bits per heavy atom. The van der Waals surface area contributed by atoms with Crippen LogP contribution in [0.5, 0.6) is 0 Å². The summed E-state index contributed by atoms with van der Waals surface area (Å²) in [7, 11) is 1.57. The van der Waals surface area contributed by atoms with Crippen LogP contribution in [0, 0.1) is 11.6 Å². The molecule has 88 valence electrons. The number of aldehydes is 1. The number of thioether (sulfide) groups is 1. The summed E-state index contributed by atoms with van der Waals surface area (Å²) in [6.07, 6.45) is 1.14. The molecular formula is C11H12F2O2S. The van der Waals surface area contributed by atoms with Gasteiger partial charge in [0.1, 0.15) is 17.9 Å². The molecule has 0 heterocycles. The van der Waals surface area contributed by atoms with Crippen molar-refractivity contribution >= 4 is 18.0 Å². The van der Waals surface area contributed by atoms with E-state index >= 15 is 0 Å². The van der Waals surface area contributed by atoms with Gasteiger partial charge in [-0.25, -0.2) is 8.78 Å². The first-order valence-electron chi connectivity index (χ1n) is 4.75. The fourth-order valence-electron chi connectivity index (χ4n) is 1.16. The zero-order valence-corrected chi connectivity index (χ0v) is 9.65. The zero-order valence-electron chi connectivity index (χ0n) is 8.83. The van der Waals surface area contributed by atoms with Crippen molar-refractivity contribution in [3.63, 3.8) is 0 Å². The van der Waals surface area contributed by atoms with Crippen molar-refractivity contribution < 1.29 is 18.3 Å². The molecule has 0 aliphatic carbocycles. The summed E-state index contributed by atoms with van der Waals surface area (Å²) in [5, 5.41) is 0. The van der Waals surface area contributed by atoms with Gasteiger partial charge in [-0.2, -0.15) is 0 Å². The van der Waals surface area contributed by atoms with Gasteiger partial charge in [0.25, 0.3) is 0 Å². The number of hydrogen-bond acceptors (Lipinski definition) is 3. The fraction of sp³-hybridized carbons (Fsp3) is 0.364. The first-order valence-corrected chi connectivity index (χ1v) is 5.73. The lowest BCUT2D eigenvalue weighted by Gasteiger charge is -2.05. The molecule has 5 heteroatoms. The standard InChI is InChI=1S/C11H12F2O2S/c1-15-3-2-4-16-11-9(12)5-8(7-14)6-10(11)13/h5-7H,2-4H2,1H3. The molecule has 0 saturated heterocycles. The van der Waals surface area contributed by atoms with Crippen molar-refractivity contribution in [2.45, 2.75) is 11.3 Å². The predicted molar refractivity (Wildman–Crippen MR) is 59.0 cm³/mol. The molecule has 0 aromatic heterocycles. The van der Waals surface area contributed by atoms with E-state index in [2.05, 4.69) is 0 Å². The number of carbonyl (C=O) groups is 1. The number of carbonyl (C=O) groups excluding carboxylic acids is 1. The molecule has 1 aromatic rings. The second kappa shape index (κ2) is 6.60. The summed E-state index contributed by atoms with van der Waals surface area (Å²) in [4.78, 5) is 10.3. The Hall–Kier alpha value is -0.940. The molecule has 0 aliphatic rings. The van der Waals surface area contributed by atoms with E-state index < -0.39 is 11.6 Å². The lowest BCUT2D eigenvalue weighted by molar-refractivity contribution is 0.112. The number of halogens is 2. The third kappa shape index (κ3) is 3.57. The van der Waals surface area contributed by atoms with Gasteiger partial charge in [0.2, 0.25) is 0 Å². The molecule has 0 atom stereocenters. The number of hydrogen-bond donors (Lipinski definition) is 0. The molecule has 0 spiro atoms. The van der Waals surface area contributed by atoms with Crippen LogP contribution in [0.3, 0.4) is 0 Å². The first-order chi connectivity index (χ1) is 7.69. The van der Waals surface area contributed by atoms with Crippen LogP contribution in [-0.2, 0) is 4.74 Å². The second-order valence-corrected chi connectivity index (χ2v) is 4.23. The second-order valence-electron chi connectivity index (χ2n) is 3.13. The molecule has 0 fully saturated rings. The van der Waals surface area contributed by atoms with Crippen molar-refractivity contribution in [2.24, 2.45) is 0 Å². The number of ether oxygens (including phenoxy) is 1. The highest BCUT2D eigenvalue weighted by Gasteiger charge is 2.11. The quantitative estimate of drug-likeness (QED) is 0.438. The highest BCUT2D eigenvalue weighted by molar-refractivity contribution is 7.99. The van der Waals surface area contributed by atoms with Crippen molar-refractivity contribution in [3.05, 3.63) is 29.3 Å². The Kier molecular flexibility index (Phi) is 5.42. The maximum Gasteiger partial charge on any atom is 0.150 e. The minimum absolute atomic E-state index is 0.0104. The van der Waals surface area contributed by atoms with Gasteiger partial charge in [-0.15, -0.1) is 11.8 Å². The van der Waals surface area contributed by atoms with E-state index in [1.54, 1.807) is 7.11 Å². The third-order valence-corrected chi connectivity index (χ3v) is 3.07. The monoisotopic (exact) mass is 246 g/mol. The predicted octanol–water partition coefficient (Wildman–Crippen LogP) is 2.91. The lowest BCUT2D eigenvalue weighted by Crippen LogP contribution is -1.95. The molecule has 0 amide bonds. The molecule has 0 radical (unpaired) electrons. The highest BCUT2D eigenvalue weighted by atomic mass is 32.2. The Morgan fingerprint density at radius 1 is 1.38 bits per heavy atom. The van der Waals surface area contributed by atoms with Gasteiger partial charge >= 0.3 is 0 Å². The van der Waals surface area contributed by atoms with Crippen LogP contribution < -0.4 is 0 Å². The Labute approximate surface area is 97.0 Å². The van der Waals surface area contributed by atoms with Crippen molar-refractivity contribution in [1.29, 1.82) is 0 Å². The summed E-state index contributed by atoms with van der Waals surface area (Å²) in [5.41, 5.74) is 0.0104. The van der Waals surface area contributed by atoms with Crippen LogP contribution in [0.1, 0.15) is 16.8 Å². The van der Waals surface area contributed by atoms with Crippen LogP contribution in [0.4, 0.5) is 8.78 Å². The molecule has 2 nitrogen and oxygen atoms in total. The summed E-state index contributed by atoms with van der Waals surface area (Å²) in [5.74, 6) is -0.809. The third-order valence-electron chi connectivity index (χ3n) is 1.90. The van der Waals surface area contributed by atoms with Gasteiger partial charge in [0.15, 0.2) is 0 Å². The fourth-order valence-corrected chi connectivity index (χ4v) is 2.02. The van der Waals surface area contributed by atoms with Crippen LogP contribution in [0.25, 0.3) is 0 Å². The molecule has 0 N–H and O–H groups in total. The van der Waals surface area contributed by atoms with Gasteiger partial charge in [-0.05, 0) is 18.6 Å². The van der Waals surface area contributed by atoms with E-state index in [0.29, 0.717) is 18.6 Å². The van der Waals surface area contributed by atoms with Crippen molar-refractivity contribution in [1.82, 2.24) is 0 Å². The minimum Gasteiger partial charge on any atom is -0.385 e. The van der Waals surface area contributed by atoms with E-state index in [-0.39, 0.29) is 10.5 Å². The SMILES string of the molecule is COCCCSc1c(F)cc(C=O)cc1F. The van der Waals surface area contributed by atoms with Gasteiger partial charge in [-0.1, -0.05) is 0 Å². The first kappa shape index (κ1) is 13.1. The maximum absolute atomic E-state index is 13.4. The average Bonchev–Trinajstić information content (AvgIpc) is 2.26. The van der Waals surface area contributed by atoms with Crippen LogP contribution in [0.2, 0.25) is 0 Å². The summed E-state index contributed by atoms with van der Waals surface area (Å²) < 4.78 is 31.5. The summed E-state index contributed by atoms with van der Waals surface area (Å²) in [6, 6.07) is 2.07. The molecule has 1 aromatic carbocycles.